The summed E-state index contributed by atoms with van der Waals surface area (Å²) in [7, 11) is 0. The molecule has 0 radical (unpaired) electrons. The Hall–Kier alpha value is -3.33. The molecule has 1 atom stereocenters. The van der Waals surface area contributed by atoms with Crippen LogP contribution in [-0.4, -0.2) is 17.3 Å². The van der Waals surface area contributed by atoms with Gasteiger partial charge in [-0.25, -0.2) is 0 Å². The van der Waals surface area contributed by atoms with E-state index in [0.717, 1.165) is 17.5 Å². The largest absolute Gasteiger partial charge is 0.297 e. The van der Waals surface area contributed by atoms with Gasteiger partial charge < -0.3 is 0 Å². The van der Waals surface area contributed by atoms with Crippen molar-refractivity contribution in [3.63, 3.8) is 0 Å². The zero-order chi connectivity index (χ0) is 19.7. The van der Waals surface area contributed by atoms with E-state index < -0.39 is 23.4 Å². The van der Waals surface area contributed by atoms with Gasteiger partial charge in [-0.05, 0) is 23.1 Å². The first-order valence-corrected chi connectivity index (χ1v) is 9.46. The minimum absolute atomic E-state index is 0.346. The van der Waals surface area contributed by atoms with Gasteiger partial charge in [-0.15, -0.1) is 0 Å². The van der Waals surface area contributed by atoms with Gasteiger partial charge in [-0.1, -0.05) is 85.8 Å². The van der Waals surface area contributed by atoms with Gasteiger partial charge in [0.25, 0.3) is 0 Å². The number of carbonyl (C=O) groups is 3. The lowest BCUT2D eigenvalue weighted by atomic mass is 9.80. The number of benzene rings is 3. The average Bonchev–Trinajstić information content (AvgIpc) is 3.00. The first-order valence-electron chi connectivity index (χ1n) is 9.46. The lowest BCUT2D eigenvalue weighted by Crippen LogP contribution is -2.31. The average molecular weight is 368 g/mol. The monoisotopic (exact) mass is 368 g/mol. The van der Waals surface area contributed by atoms with Crippen molar-refractivity contribution in [3.8, 4) is 0 Å². The Morgan fingerprint density at radius 1 is 0.750 bits per heavy atom. The van der Waals surface area contributed by atoms with E-state index in [2.05, 4.69) is 6.92 Å². The number of carbonyl (C=O) groups excluding carboxylic acids is 3. The van der Waals surface area contributed by atoms with Gasteiger partial charge in [0.05, 0.1) is 5.92 Å². The first kappa shape index (κ1) is 18.1. The predicted molar refractivity (Wildman–Crippen MR) is 108 cm³/mol. The summed E-state index contributed by atoms with van der Waals surface area (Å²) in [6, 6.07) is 23.9. The van der Waals surface area contributed by atoms with Crippen LogP contribution in [0.15, 0.2) is 78.9 Å². The molecule has 1 aliphatic carbocycles. The van der Waals surface area contributed by atoms with Gasteiger partial charge >= 0.3 is 0 Å². The number of Topliss-reactive ketones (excluding diaryl/α,β-unsaturated/α-hetero) is 3. The molecule has 138 valence electrons. The quantitative estimate of drug-likeness (QED) is 0.616. The fourth-order valence-corrected chi connectivity index (χ4v) is 3.88. The number of fused-ring (bicyclic) bond motifs is 1. The van der Waals surface area contributed by atoms with Crippen molar-refractivity contribution >= 4 is 17.3 Å². The molecule has 0 spiro atoms. The first-order chi connectivity index (χ1) is 13.6. The van der Waals surface area contributed by atoms with Gasteiger partial charge in [0.15, 0.2) is 17.3 Å². The molecule has 3 aromatic rings. The molecule has 3 nitrogen and oxygen atoms in total. The highest BCUT2D eigenvalue weighted by Gasteiger charge is 2.45. The van der Waals surface area contributed by atoms with Crippen molar-refractivity contribution in [3.05, 3.63) is 107 Å². The van der Waals surface area contributed by atoms with Gasteiger partial charge in [0, 0.05) is 11.1 Å². The fourth-order valence-electron chi connectivity index (χ4n) is 3.88. The highest BCUT2D eigenvalue weighted by Crippen LogP contribution is 2.35. The van der Waals surface area contributed by atoms with Crippen LogP contribution in [0.4, 0.5) is 0 Å². The summed E-state index contributed by atoms with van der Waals surface area (Å²) in [6.07, 6.45) is 0.902. The van der Waals surface area contributed by atoms with Crippen LogP contribution in [0.25, 0.3) is 0 Å². The molecule has 0 saturated heterocycles. The predicted octanol–water partition coefficient (Wildman–Crippen LogP) is 4.65. The molecule has 28 heavy (non-hydrogen) atoms. The second kappa shape index (κ2) is 7.35. The van der Waals surface area contributed by atoms with Crippen molar-refractivity contribution in [1.82, 2.24) is 0 Å². The molecule has 3 heteroatoms. The Bertz CT molecular complexity index is 1010. The van der Waals surface area contributed by atoms with Crippen molar-refractivity contribution in [1.29, 1.82) is 0 Å². The van der Waals surface area contributed by atoms with Crippen LogP contribution in [0.1, 0.15) is 50.2 Å². The highest BCUT2D eigenvalue weighted by molar-refractivity contribution is 6.36. The number of rotatable bonds is 5. The molecule has 0 unspecified atom stereocenters. The third kappa shape index (κ3) is 2.99. The Labute approximate surface area is 164 Å². The van der Waals surface area contributed by atoms with Gasteiger partial charge in [-0.2, -0.15) is 0 Å². The van der Waals surface area contributed by atoms with Crippen LogP contribution in [0.2, 0.25) is 0 Å². The van der Waals surface area contributed by atoms with Crippen LogP contribution in [-0.2, 0) is 11.2 Å². The Kier molecular flexibility index (Phi) is 4.74. The third-order valence-electron chi connectivity index (χ3n) is 5.41. The normalized spacial score (nSPS) is 14.8. The molecule has 1 aliphatic rings. The number of hydrogen-bond acceptors (Lipinski definition) is 3. The van der Waals surface area contributed by atoms with E-state index >= 15 is 0 Å². The summed E-state index contributed by atoms with van der Waals surface area (Å²) in [5.74, 6) is -3.07. The molecular formula is C25H20O3. The molecule has 0 heterocycles. The lowest BCUT2D eigenvalue weighted by Gasteiger charge is -2.20. The molecule has 0 amide bonds. The molecule has 4 rings (SSSR count). The van der Waals surface area contributed by atoms with Gasteiger partial charge in [-0.3, -0.25) is 14.4 Å². The molecule has 0 aliphatic heterocycles. The van der Waals surface area contributed by atoms with Crippen LogP contribution >= 0.6 is 0 Å². The second-order valence-electron chi connectivity index (χ2n) is 7.05. The maximum atomic E-state index is 13.5. The van der Waals surface area contributed by atoms with Crippen LogP contribution < -0.4 is 0 Å². The Morgan fingerprint density at radius 3 is 1.79 bits per heavy atom. The minimum atomic E-state index is -1.27. The fraction of sp³-hybridized carbons (Fsp3) is 0.160. The summed E-state index contributed by atoms with van der Waals surface area (Å²) in [6.45, 7) is 2.07. The van der Waals surface area contributed by atoms with E-state index in [1.807, 2.05) is 54.6 Å². The summed E-state index contributed by atoms with van der Waals surface area (Å²) in [5.41, 5.74) is 3.44. The lowest BCUT2D eigenvalue weighted by molar-refractivity contribution is -0.120. The van der Waals surface area contributed by atoms with Crippen molar-refractivity contribution in [2.45, 2.75) is 19.3 Å². The van der Waals surface area contributed by atoms with Crippen LogP contribution in [0, 0.1) is 5.92 Å². The van der Waals surface area contributed by atoms with E-state index in [-0.39, 0.29) is 5.78 Å². The summed E-state index contributed by atoms with van der Waals surface area (Å²) < 4.78 is 0. The molecule has 0 fully saturated rings. The molecule has 0 bridgehead atoms. The summed E-state index contributed by atoms with van der Waals surface area (Å²) >= 11 is 0. The van der Waals surface area contributed by atoms with E-state index in [1.54, 1.807) is 24.3 Å². The number of hydrogen-bond donors (Lipinski definition) is 0. The molecular weight excluding hydrogens is 348 g/mol. The van der Waals surface area contributed by atoms with E-state index in [4.69, 9.17) is 0 Å². The van der Waals surface area contributed by atoms with Crippen LogP contribution in [0.3, 0.4) is 0 Å². The zero-order valence-electron chi connectivity index (χ0n) is 15.6. The summed E-state index contributed by atoms with van der Waals surface area (Å²) in [5, 5.41) is 0. The molecule has 3 aromatic carbocycles. The maximum Gasteiger partial charge on any atom is 0.181 e. The Balaban J connectivity index is 1.78. The summed E-state index contributed by atoms with van der Waals surface area (Å²) in [4.78, 5) is 39.3. The van der Waals surface area contributed by atoms with E-state index in [1.165, 1.54) is 5.56 Å². The van der Waals surface area contributed by atoms with E-state index in [0.29, 0.717) is 11.1 Å². The third-order valence-corrected chi connectivity index (χ3v) is 5.41. The molecule has 0 saturated carbocycles. The second-order valence-corrected chi connectivity index (χ2v) is 7.05. The van der Waals surface area contributed by atoms with Crippen molar-refractivity contribution in [2.24, 2.45) is 5.92 Å². The van der Waals surface area contributed by atoms with Gasteiger partial charge in [0.1, 0.15) is 5.92 Å². The van der Waals surface area contributed by atoms with Crippen LogP contribution in [0.5, 0.6) is 0 Å². The smallest absolute Gasteiger partial charge is 0.181 e. The molecule has 0 aromatic heterocycles. The Morgan fingerprint density at radius 2 is 1.25 bits per heavy atom. The van der Waals surface area contributed by atoms with E-state index in [9.17, 15) is 14.4 Å². The van der Waals surface area contributed by atoms with Crippen molar-refractivity contribution < 1.29 is 14.4 Å². The minimum Gasteiger partial charge on any atom is -0.297 e. The number of aryl methyl sites for hydroxylation is 1. The SMILES string of the molecule is CCc1ccc([C@@H](C(=O)C2C(=O)c3ccccc3C2=O)c2ccccc2)cc1. The molecule has 0 N–H and O–H groups in total. The standard InChI is InChI=1S/C25H20O3/c1-2-16-12-14-18(15-13-16)21(17-8-4-3-5-9-17)25(28)22-23(26)19-10-6-7-11-20(19)24(22)27/h3-15,21-22H,2H2,1H3/t21-/m0/s1. The topological polar surface area (TPSA) is 51.2 Å². The highest BCUT2D eigenvalue weighted by atomic mass is 16.2. The maximum absolute atomic E-state index is 13.5. The van der Waals surface area contributed by atoms with Gasteiger partial charge in [0.2, 0.25) is 0 Å². The zero-order valence-corrected chi connectivity index (χ0v) is 15.6. The number of ketones is 3. The van der Waals surface area contributed by atoms with Crippen molar-refractivity contribution in [2.75, 3.05) is 0 Å².